The Labute approximate surface area is 99.2 Å². The minimum Gasteiger partial charge on any atom is -0.444 e. The van der Waals surface area contributed by atoms with Gasteiger partial charge in [-0.15, -0.1) is 0 Å². The van der Waals surface area contributed by atoms with E-state index in [1.54, 1.807) is 0 Å². The third-order valence-electron chi connectivity index (χ3n) is 1.85. The van der Waals surface area contributed by atoms with Crippen molar-refractivity contribution in [3.8, 4) is 5.88 Å². The van der Waals surface area contributed by atoms with Crippen molar-refractivity contribution in [2.24, 2.45) is 0 Å². The largest absolute Gasteiger partial charge is 0.444 e. The Kier molecular flexibility index (Phi) is 3.82. The first-order valence-corrected chi connectivity index (χ1v) is 4.66. The molecule has 102 valence electrons. The van der Waals surface area contributed by atoms with Crippen molar-refractivity contribution in [2.75, 3.05) is 11.5 Å². The Bertz CT molecular complexity index is 438. The number of hydrogen-bond donors (Lipinski definition) is 4. The molecule has 2 unspecified atom stereocenters. The van der Waals surface area contributed by atoms with Gasteiger partial charge in [-0.1, -0.05) is 0 Å². The molecule has 0 saturated carbocycles. The summed E-state index contributed by atoms with van der Waals surface area (Å²) >= 11 is 0. The lowest BCUT2D eigenvalue weighted by Crippen LogP contribution is -2.30. The molecule has 1 aromatic rings. The Morgan fingerprint density at radius 2 is 1.78 bits per heavy atom. The number of aliphatic hydroxyl groups is 2. The highest BCUT2D eigenvalue weighted by atomic mass is 19.4. The van der Waals surface area contributed by atoms with Crippen LogP contribution < -0.4 is 16.2 Å². The average molecular weight is 268 g/mol. The Morgan fingerprint density at radius 1 is 1.22 bits per heavy atom. The SMILES string of the molecule is CC(O)C(O)Oc1nc(N)nc(N)c1C(F)(F)F. The number of nitrogens with zero attached hydrogens (tertiary/aromatic N) is 2. The van der Waals surface area contributed by atoms with Gasteiger partial charge in [0.25, 0.3) is 0 Å². The van der Waals surface area contributed by atoms with Crippen LogP contribution in [0.4, 0.5) is 24.9 Å². The van der Waals surface area contributed by atoms with Crippen molar-refractivity contribution < 1.29 is 28.1 Å². The van der Waals surface area contributed by atoms with Crippen LogP contribution in [0.5, 0.6) is 5.88 Å². The van der Waals surface area contributed by atoms with Gasteiger partial charge in [0.05, 0.1) is 0 Å². The van der Waals surface area contributed by atoms with Crippen LogP contribution in [0.25, 0.3) is 0 Å². The number of ether oxygens (including phenoxy) is 1. The highest BCUT2D eigenvalue weighted by Crippen LogP contribution is 2.39. The average Bonchev–Trinajstić information content (AvgIpc) is 2.13. The van der Waals surface area contributed by atoms with E-state index in [4.69, 9.17) is 16.6 Å². The summed E-state index contributed by atoms with van der Waals surface area (Å²) in [5.41, 5.74) is 8.75. The van der Waals surface area contributed by atoms with E-state index in [9.17, 15) is 18.3 Å². The fourth-order valence-electron chi connectivity index (χ4n) is 1.04. The van der Waals surface area contributed by atoms with Crippen molar-refractivity contribution in [1.82, 2.24) is 9.97 Å². The van der Waals surface area contributed by atoms with E-state index >= 15 is 0 Å². The van der Waals surface area contributed by atoms with Crippen molar-refractivity contribution in [3.05, 3.63) is 5.56 Å². The molecule has 7 nitrogen and oxygen atoms in total. The van der Waals surface area contributed by atoms with Gasteiger partial charge in [-0.05, 0) is 6.92 Å². The molecule has 0 bridgehead atoms. The first-order valence-electron chi connectivity index (χ1n) is 4.66. The van der Waals surface area contributed by atoms with Gasteiger partial charge >= 0.3 is 6.18 Å². The first-order chi connectivity index (χ1) is 8.12. The predicted molar refractivity (Wildman–Crippen MR) is 54.2 cm³/mol. The monoisotopic (exact) mass is 268 g/mol. The van der Waals surface area contributed by atoms with Crippen LogP contribution in [-0.2, 0) is 6.18 Å². The smallest absolute Gasteiger partial charge is 0.425 e. The van der Waals surface area contributed by atoms with E-state index in [0.29, 0.717) is 0 Å². The van der Waals surface area contributed by atoms with Gasteiger partial charge in [-0.25, -0.2) is 0 Å². The molecule has 0 aliphatic heterocycles. The van der Waals surface area contributed by atoms with Crippen LogP contribution in [0.15, 0.2) is 0 Å². The molecule has 18 heavy (non-hydrogen) atoms. The van der Waals surface area contributed by atoms with Crippen molar-refractivity contribution in [2.45, 2.75) is 25.5 Å². The first kappa shape index (κ1) is 14.3. The maximum Gasteiger partial charge on any atom is 0.425 e. The fraction of sp³-hybridized carbons (Fsp3) is 0.500. The Balaban J connectivity index is 3.24. The molecule has 1 rings (SSSR count). The molecule has 0 spiro atoms. The van der Waals surface area contributed by atoms with E-state index in [0.717, 1.165) is 6.92 Å². The second-order valence-electron chi connectivity index (χ2n) is 3.39. The van der Waals surface area contributed by atoms with E-state index in [-0.39, 0.29) is 0 Å². The zero-order valence-electron chi connectivity index (χ0n) is 9.14. The Hall–Kier alpha value is -1.81. The maximum absolute atomic E-state index is 12.7. The number of nitrogens with two attached hydrogens (primary N) is 2. The van der Waals surface area contributed by atoms with Gasteiger partial charge in [-0.3, -0.25) is 0 Å². The molecule has 0 saturated heterocycles. The lowest BCUT2D eigenvalue weighted by Gasteiger charge is -2.19. The normalized spacial score (nSPS) is 15.2. The molecular formula is C8H11F3N4O3. The number of rotatable bonds is 3. The molecule has 0 aliphatic carbocycles. The number of alkyl halides is 3. The zero-order valence-corrected chi connectivity index (χ0v) is 9.14. The lowest BCUT2D eigenvalue weighted by molar-refractivity contribution is -0.144. The molecular weight excluding hydrogens is 257 g/mol. The van der Waals surface area contributed by atoms with Gasteiger partial charge in [0.15, 0.2) is 5.56 Å². The van der Waals surface area contributed by atoms with E-state index < -0.39 is 41.8 Å². The summed E-state index contributed by atoms with van der Waals surface area (Å²) in [5.74, 6) is -2.52. The highest BCUT2D eigenvalue weighted by molar-refractivity contribution is 5.50. The predicted octanol–water partition coefficient (Wildman–Crippen LogP) is -0.262. The van der Waals surface area contributed by atoms with Gasteiger partial charge in [0.1, 0.15) is 11.9 Å². The standard InChI is InChI=1S/C8H11F3N4O3/c1-2(16)6(17)18-5-3(8(9,10)11)4(12)14-7(13)15-5/h2,6,16-17H,1H3,(H4,12,13,14,15). The van der Waals surface area contributed by atoms with Gasteiger partial charge in [-0.2, -0.15) is 23.1 Å². The molecule has 1 aromatic heterocycles. The number of halogens is 3. The van der Waals surface area contributed by atoms with Crippen molar-refractivity contribution in [3.63, 3.8) is 0 Å². The molecule has 1 heterocycles. The van der Waals surface area contributed by atoms with Crippen LogP contribution in [0.1, 0.15) is 12.5 Å². The maximum atomic E-state index is 12.7. The number of anilines is 2. The topological polar surface area (TPSA) is 128 Å². The second kappa shape index (κ2) is 4.82. The van der Waals surface area contributed by atoms with Gasteiger partial charge < -0.3 is 26.4 Å². The van der Waals surface area contributed by atoms with Crippen LogP contribution in [0.3, 0.4) is 0 Å². The van der Waals surface area contributed by atoms with Gasteiger partial charge in [0, 0.05) is 0 Å². The Morgan fingerprint density at radius 3 is 2.22 bits per heavy atom. The van der Waals surface area contributed by atoms with E-state index in [1.165, 1.54) is 0 Å². The molecule has 0 amide bonds. The summed E-state index contributed by atoms with van der Waals surface area (Å²) in [6.07, 6.45) is -8.21. The summed E-state index contributed by atoms with van der Waals surface area (Å²) in [6.45, 7) is 1.12. The highest BCUT2D eigenvalue weighted by Gasteiger charge is 2.40. The molecule has 0 radical (unpaired) electrons. The molecule has 0 aromatic carbocycles. The number of nitrogen functional groups attached to an aromatic ring is 2. The van der Waals surface area contributed by atoms with Crippen LogP contribution in [-0.4, -0.2) is 32.6 Å². The quantitative estimate of drug-likeness (QED) is 0.556. The van der Waals surface area contributed by atoms with E-state index in [2.05, 4.69) is 14.7 Å². The summed E-state index contributed by atoms with van der Waals surface area (Å²) in [5, 5.41) is 18.1. The minimum atomic E-state index is -4.88. The third kappa shape index (κ3) is 3.11. The van der Waals surface area contributed by atoms with E-state index in [1.807, 2.05) is 0 Å². The van der Waals surface area contributed by atoms with Gasteiger partial charge in [0.2, 0.25) is 18.1 Å². The lowest BCUT2D eigenvalue weighted by atomic mass is 10.3. The molecule has 0 fully saturated rings. The number of hydrogen-bond acceptors (Lipinski definition) is 7. The summed E-state index contributed by atoms with van der Waals surface area (Å²) in [4.78, 5) is 6.35. The summed E-state index contributed by atoms with van der Waals surface area (Å²) in [6, 6.07) is 0. The molecule has 2 atom stereocenters. The van der Waals surface area contributed by atoms with Crippen LogP contribution in [0, 0.1) is 0 Å². The third-order valence-corrected chi connectivity index (χ3v) is 1.85. The summed E-state index contributed by atoms with van der Waals surface area (Å²) in [7, 11) is 0. The number of aliphatic hydroxyl groups excluding tert-OH is 2. The van der Waals surface area contributed by atoms with Crippen LogP contribution >= 0.6 is 0 Å². The summed E-state index contributed by atoms with van der Waals surface area (Å²) < 4.78 is 42.5. The zero-order chi connectivity index (χ0) is 14.1. The second-order valence-corrected chi connectivity index (χ2v) is 3.39. The van der Waals surface area contributed by atoms with Crippen molar-refractivity contribution >= 4 is 11.8 Å². The fourth-order valence-corrected chi connectivity index (χ4v) is 1.04. The van der Waals surface area contributed by atoms with Crippen LogP contribution in [0.2, 0.25) is 0 Å². The van der Waals surface area contributed by atoms with Crippen molar-refractivity contribution in [1.29, 1.82) is 0 Å². The molecule has 6 N–H and O–H groups in total. The molecule has 10 heteroatoms. The number of aromatic nitrogens is 2. The minimum absolute atomic E-state index is 0.548. The molecule has 0 aliphatic rings.